The molecule has 9 heteroatoms. The molecule has 1 heterocycles. The molecule has 1 aromatic carbocycles. The van der Waals surface area contributed by atoms with Gasteiger partial charge in [-0.3, -0.25) is 15.6 Å². The van der Waals surface area contributed by atoms with Crippen LogP contribution in [0.25, 0.3) is 0 Å². The molecule has 2 aliphatic rings. The fourth-order valence-corrected chi connectivity index (χ4v) is 5.50. The first kappa shape index (κ1) is 21.0. The molecule has 0 radical (unpaired) electrons. The van der Waals surface area contributed by atoms with Gasteiger partial charge in [-0.05, 0) is 68.1 Å². The number of carbonyl (C=O) groups excluding carboxylic acids is 1. The van der Waals surface area contributed by atoms with E-state index in [-0.39, 0.29) is 10.8 Å². The lowest BCUT2D eigenvalue weighted by molar-refractivity contribution is 0.0943. The summed E-state index contributed by atoms with van der Waals surface area (Å²) in [7, 11) is -3.47. The van der Waals surface area contributed by atoms with E-state index < -0.39 is 10.0 Å². The smallest absolute Gasteiger partial charge is 0.269 e. The molecule has 3 rings (SSSR count). The highest BCUT2D eigenvalue weighted by molar-refractivity contribution is 7.89. The summed E-state index contributed by atoms with van der Waals surface area (Å²) in [6.45, 7) is 3.31. The number of nitrogens with one attached hydrogen (secondary N) is 3. The number of amides is 1. The number of hydrazine groups is 1. The molecule has 154 valence electrons. The largest absolute Gasteiger partial charge is 0.358 e. The average Bonchev–Trinajstić information content (AvgIpc) is 3.24. The van der Waals surface area contributed by atoms with Gasteiger partial charge in [-0.2, -0.15) is 4.31 Å². The van der Waals surface area contributed by atoms with Crippen molar-refractivity contribution < 1.29 is 13.2 Å². The molecular formula is C19H28N4O3S2. The fraction of sp³-hybridized carbons (Fsp3) is 0.579. The SMILES string of the molecule is C[C@H]1CCCC[C@@H]1NC(=S)NNC(=O)c1ccc(S(=O)(=O)N2CCCC2)cc1. The van der Waals surface area contributed by atoms with Crippen LogP contribution in [-0.2, 0) is 10.0 Å². The van der Waals surface area contributed by atoms with Gasteiger partial charge in [0.25, 0.3) is 5.91 Å². The highest BCUT2D eigenvalue weighted by Crippen LogP contribution is 2.23. The maximum Gasteiger partial charge on any atom is 0.269 e. The molecule has 0 spiro atoms. The Morgan fingerprint density at radius 2 is 1.68 bits per heavy atom. The maximum atomic E-state index is 12.5. The van der Waals surface area contributed by atoms with Crippen molar-refractivity contribution >= 4 is 33.3 Å². The van der Waals surface area contributed by atoms with Gasteiger partial charge in [-0.25, -0.2) is 8.42 Å². The van der Waals surface area contributed by atoms with E-state index in [4.69, 9.17) is 12.2 Å². The molecule has 2 fully saturated rings. The highest BCUT2D eigenvalue weighted by atomic mass is 32.2. The third kappa shape index (κ3) is 5.01. The van der Waals surface area contributed by atoms with Crippen LogP contribution in [0.1, 0.15) is 55.8 Å². The van der Waals surface area contributed by atoms with E-state index in [0.29, 0.717) is 35.7 Å². The van der Waals surface area contributed by atoms with Crippen molar-refractivity contribution in [3.63, 3.8) is 0 Å². The topological polar surface area (TPSA) is 90.5 Å². The second kappa shape index (κ2) is 9.19. The van der Waals surface area contributed by atoms with E-state index in [1.807, 2.05) is 0 Å². The van der Waals surface area contributed by atoms with Crippen molar-refractivity contribution in [1.29, 1.82) is 0 Å². The summed E-state index contributed by atoms with van der Waals surface area (Å²) in [5.74, 6) is 0.181. The van der Waals surface area contributed by atoms with Gasteiger partial charge in [0.15, 0.2) is 5.11 Å². The van der Waals surface area contributed by atoms with Crippen LogP contribution in [0.2, 0.25) is 0 Å². The first-order valence-corrected chi connectivity index (χ1v) is 11.7. The number of carbonyl (C=O) groups is 1. The summed E-state index contributed by atoms with van der Waals surface area (Å²) in [6, 6.07) is 6.30. The molecule has 2 atom stereocenters. The number of nitrogens with zero attached hydrogens (tertiary/aromatic N) is 1. The van der Waals surface area contributed by atoms with Crippen LogP contribution in [0.4, 0.5) is 0 Å². The first-order chi connectivity index (χ1) is 13.4. The van der Waals surface area contributed by atoms with Gasteiger partial charge < -0.3 is 5.32 Å². The second-order valence-corrected chi connectivity index (χ2v) is 9.90. The molecule has 3 N–H and O–H groups in total. The number of hydrogen-bond donors (Lipinski definition) is 3. The van der Waals surface area contributed by atoms with Gasteiger partial charge in [0.1, 0.15) is 0 Å². The van der Waals surface area contributed by atoms with Crippen molar-refractivity contribution in [3.05, 3.63) is 29.8 Å². The lowest BCUT2D eigenvalue weighted by atomic mass is 9.86. The molecule has 0 aromatic heterocycles. The van der Waals surface area contributed by atoms with E-state index in [0.717, 1.165) is 19.3 Å². The summed E-state index contributed by atoms with van der Waals surface area (Å²) < 4.78 is 26.6. The molecule has 0 bridgehead atoms. The maximum absolute atomic E-state index is 12.5. The quantitative estimate of drug-likeness (QED) is 0.507. The van der Waals surface area contributed by atoms with Crippen molar-refractivity contribution in [2.24, 2.45) is 5.92 Å². The Balaban J connectivity index is 1.52. The number of thiocarbonyl (C=S) groups is 1. The van der Waals surface area contributed by atoms with Crippen LogP contribution in [0.15, 0.2) is 29.2 Å². The lowest BCUT2D eigenvalue weighted by Crippen LogP contribution is -2.51. The molecule has 7 nitrogen and oxygen atoms in total. The van der Waals surface area contributed by atoms with Gasteiger partial charge >= 0.3 is 0 Å². The summed E-state index contributed by atoms with van der Waals surface area (Å²) in [4.78, 5) is 12.5. The Morgan fingerprint density at radius 1 is 1.04 bits per heavy atom. The number of rotatable bonds is 4. The molecule has 1 aliphatic heterocycles. The molecule has 1 saturated carbocycles. The molecule has 1 saturated heterocycles. The molecule has 1 aromatic rings. The fourth-order valence-electron chi connectivity index (χ4n) is 3.78. The minimum absolute atomic E-state index is 0.211. The summed E-state index contributed by atoms with van der Waals surface area (Å²) in [5.41, 5.74) is 5.66. The minimum Gasteiger partial charge on any atom is -0.358 e. The summed E-state index contributed by atoms with van der Waals surface area (Å²) in [5, 5.41) is 3.65. The van der Waals surface area contributed by atoms with Crippen LogP contribution in [-0.4, -0.2) is 42.9 Å². The number of sulfonamides is 1. The monoisotopic (exact) mass is 424 g/mol. The minimum atomic E-state index is -3.47. The predicted octanol–water partition coefficient (Wildman–Crippen LogP) is 2.16. The number of benzene rings is 1. The van der Waals surface area contributed by atoms with E-state index in [1.54, 1.807) is 0 Å². The predicted molar refractivity (Wildman–Crippen MR) is 112 cm³/mol. The number of hydrogen-bond acceptors (Lipinski definition) is 4. The lowest BCUT2D eigenvalue weighted by Gasteiger charge is -2.30. The molecule has 0 unspecified atom stereocenters. The van der Waals surface area contributed by atoms with Crippen LogP contribution in [0.3, 0.4) is 0 Å². The van der Waals surface area contributed by atoms with Crippen molar-refractivity contribution in [3.8, 4) is 0 Å². The van der Waals surface area contributed by atoms with Crippen molar-refractivity contribution in [1.82, 2.24) is 20.5 Å². The first-order valence-electron chi connectivity index (χ1n) is 9.85. The third-order valence-corrected chi connectivity index (χ3v) is 7.67. The zero-order chi connectivity index (χ0) is 20.1. The van der Waals surface area contributed by atoms with E-state index in [9.17, 15) is 13.2 Å². The van der Waals surface area contributed by atoms with Gasteiger partial charge in [-0.15, -0.1) is 0 Å². The molecule has 1 amide bonds. The molecule has 28 heavy (non-hydrogen) atoms. The van der Waals surface area contributed by atoms with Crippen LogP contribution in [0.5, 0.6) is 0 Å². The van der Waals surface area contributed by atoms with Gasteiger partial charge in [0, 0.05) is 24.7 Å². The normalized spacial score (nSPS) is 23.2. The van der Waals surface area contributed by atoms with Crippen molar-refractivity contribution in [2.75, 3.05) is 13.1 Å². The van der Waals surface area contributed by atoms with Gasteiger partial charge in [0.2, 0.25) is 10.0 Å². The summed E-state index contributed by atoms with van der Waals surface area (Å²) in [6.07, 6.45) is 6.46. The standard InChI is InChI=1S/C19H28N4O3S2/c1-14-6-2-3-7-17(14)20-19(27)22-21-18(24)15-8-10-16(11-9-15)28(25,26)23-12-4-5-13-23/h8-11,14,17H,2-7,12-13H2,1H3,(H,21,24)(H2,20,22,27)/t14-,17-/m0/s1. The van der Waals surface area contributed by atoms with E-state index in [2.05, 4.69) is 23.1 Å². The Bertz CT molecular complexity index is 805. The average molecular weight is 425 g/mol. The Morgan fingerprint density at radius 3 is 2.32 bits per heavy atom. The Labute approximate surface area is 172 Å². The molecule has 1 aliphatic carbocycles. The van der Waals surface area contributed by atoms with Crippen LogP contribution in [0, 0.1) is 5.92 Å². The van der Waals surface area contributed by atoms with Gasteiger partial charge in [0.05, 0.1) is 4.90 Å². The van der Waals surface area contributed by atoms with E-state index >= 15 is 0 Å². The van der Waals surface area contributed by atoms with Crippen molar-refractivity contribution in [2.45, 2.75) is 56.4 Å². The van der Waals surface area contributed by atoms with Crippen LogP contribution >= 0.6 is 12.2 Å². The van der Waals surface area contributed by atoms with Gasteiger partial charge in [-0.1, -0.05) is 19.8 Å². The zero-order valence-corrected chi connectivity index (χ0v) is 17.7. The highest BCUT2D eigenvalue weighted by Gasteiger charge is 2.27. The molecular weight excluding hydrogens is 396 g/mol. The Hall–Kier alpha value is -1.71. The van der Waals surface area contributed by atoms with Crippen LogP contribution < -0.4 is 16.2 Å². The zero-order valence-electron chi connectivity index (χ0n) is 16.1. The summed E-state index contributed by atoms with van der Waals surface area (Å²) >= 11 is 5.27. The van der Waals surface area contributed by atoms with E-state index in [1.165, 1.54) is 47.8 Å². The third-order valence-electron chi connectivity index (χ3n) is 5.54. The Kier molecular flexibility index (Phi) is 6.90. The second-order valence-electron chi connectivity index (χ2n) is 7.56.